The summed E-state index contributed by atoms with van der Waals surface area (Å²) in [5.74, 6) is 1.32. The van der Waals surface area contributed by atoms with Crippen molar-refractivity contribution in [2.24, 2.45) is 5.92 Å². The van der Waals surface area contributed by atoms with Crippen molar-refractivity contribution in [2.45, 2.75) is 19.8 Å². The smallest absolute Gasteiger partial charge is 0.229 e. The molecule has 2 amide bonds. The van der Waals surface area contributed by atoms with E-state index < -0.39 is 0 Å². The number of hydrogen-bond acceptors (Lipinski definition) is 3. The van der Waals surface area contributed by atoms with Crippen molar-refractivity contribution >= 4 is 17.5 Å². The number of carbonyl (C=O) groups excluding carboxylic acids is 2. The Kier molecular flexibility index (Phi) is 5.33. The molecule has 0 radical (unpaired) electrons. The molecule has 1 aliphatic heterocycles. The summed E-state index contributed by atoms with van der Waals surface area (Å²) in [5, 5.41) is 2.93. The number of amides is 2. The zero-order chi connectivity index (χ0) is 17.6. The molecule has 0 bridgehead atoms. The van der Waals surface area contributed by atoms with Gasteiger partial charge in [-0.3, -0.25) is 9.59 Å². The standard InChI is InChI=1S/C20H22N2O3/c1-15(23)22-13-5-6-16(14-22)20(24)21-17-9-11-19(12-10-17)25-18-7-3-2-4-8-18/h2-4,7-12,16H,5-6,13-14H2,1H3,(H,21,24). The highest BCUT2D eigenvalue weighted by Crippen LogP contribution is 2.24. The van der Waals surface area contributed by atoms with Gasteiger partial charge in [-0.25, -0.2) is 0 Å². The zero-order valence-electron chi connectivity index (χ0n) is 14.3. The number of nitrogens with one attached hydrogen (secondary N) is 1. The maximum absolute atomic E-state index is 12.4. The summed E-state index contributed by atoms with van der Waals surface area (Å²) >= 11 is 0. The van der Waals surface area contributed by atoms with Gasteiger partial charge in [-0.15, -0.1) is 0 Å². The first-order chi connectivity index (χ1) is 12.1. The van der Waals surface area contributed by atoms with Gasteiger partial charge in [0.1, 0.15) is 11.5 Å². The van der Waals surface area contributed by atoms with E-state index in [1.807, 2.05) is 54.6 Å². The topological polar surface area (TPSA) is 58.6 Å². The summed E-state index contributed by atoms with van der Waals surface area (Å²) in [6, 6.07) is 16.8. The van der Waals surface area contributed by atoms with E-state index in [1.54, 1.807) is 11.8 Å². The first-order valence-electron chi connectivity index (χ1n) is 8.51. The molecule has 3 rings (SSSR count). The molecular formula is C20H22N2O3. The van der Waals surface area contributed by atoms with Gasteiger partial charge < -0.3 is 15.0 Å². The molecular weight excluding hydrogens is 316 g/mol. The fourth-order valence-electron chi connectivity index (χ4n) is 2.95. The number of benzene rings is 2. The molecule has 0 aliphatic carbocycles. The Balaban J connectivity index is 1.57. The van der Waals surface area contributed by atoms with Crippen molar-refractivity contribution in [2.75, 3.05) is 18.4 Å². The van der Waals surface area contributed by atoms with E-state index in [0.717, 1.165) is 30.8 Å². The summed E-state index contributed by atoms with van der Waals surface area (Å²) in [6.07, 6.45) is 1.67. The highest BCUT2D eigenvalue weighted by molar-refractivity contribution is 5.93. The summed E-state index contributed by atoms with van der Waals surface area (Å²) in [7, 11) is 0. The Hall–Kier alpha value is -2.82. The van der Waals surface area contributed by atoms with Crippen LogP contribution in [0, 0.1) is 5.92 Å². The lowest BCUT2D eigenvalue weighted by Gasteiger charge is -2.31. The van der Waals surface area contributed by atoms with Gasteiger partial charge in [0, 0.05) is 25.7 Å². The number of hydrogen-bond donors (Lipinski definition) is 1. The molecule has 1 unspecified atom stereocenters. The first kappa shape index (κ1) is 17.0. The van der Waals surface area contributed by atoms with Crippen molar-refractivity contribution in [1.82, 2.24) is 4.90 Å². The molecule has 2 aromatic carbocycles. The van der Waals surface area contributed by atoms with Crippen LogP contribution >= 0.6 is 0 Å². The fourth-order valence-corrected chi connectivity index (χ4v) is 2.95. The lowest BCUT2D eigenvalue weighted by molar-refractivity contribution is -0.132. The Morgan fingerprint density at radius 3 is 2.40 bits per heavy atom. The molecule has 2 aromatic rings. The van der Waals surface area contributed by atoms with Gasteiger partial charge in [-0.2, -0.15) is 0 Å². The first-order valence-corrected chi connectivity index (χ1v) is 8.51. The number of carbonyl (C=O) groups is 2. The van der Waals surface area contributed by atoms with Crippen LogP contribution in [0.25, 0.3) is 0 Å². The third-order valence-electron chi connectivity index (χ3n) is 4.34. The minimum absolute atomic E-state index is 0.0277. The molecule has 5 nitrogen and oxygen atoms in total. The van der Waals surface area contributed by atoms with Crippen molar-refractivity contribution in [3.8, 4) is 11.5 Å². The normalized spacial score (nSPS) is 17.0. The quantitative estimate of drug-likeness (QED) is 0.925. The van der Waals surface area contributed by atoms with Crippen molar-refractivity contribution in [3.05, 3.63) is 54.6 Å². The van der Waals surface area contributed by atoms with E-state index in [4.69, 9.17) is 4.74 Å². The van der Waals surface area contributed by atoms with Crippen LogP contribution in [0.3, 0.4) is 0 Å². The molecule has 0 saturated carbocycles. The van der Waals surface area contributed by atoms with E-state index in [1.165, 1.54) is 0 Å². The number of ether oxygens (including phenoxy) is 1. The number of rotatable bonds is 4. The number of anilines is 1. The maximum Gasteiger partial charge on any atom is 0.229 e. The summed E-state index contributed by atoms with van der Waals surface area (Å²) in [6.45, 7) is 2.78. The van der Waals surface area contributed by atoms with Gasteiger partial charge in [-0.05, 0) is 49.2 Å². The predicted octanol–water partition coefficient (Wildman–Crippen LogP) is 3.68. The molecule has 1 aliphatic rings. The fraction of sp³-hybridized carbons (Fsp3) is 0.300. The van der Waals surface area contributed by atoms with Crippen LogP contribution in [0.4, 0.5) is 5.69 Å². The molecule has 1 fully saturated rings. The average Bonchev–Trinajstić information content (AvgIpc) is 2.64. The van der Waals surface area contributed by atoms with Crippen LogP contribution < -0.4 is 10.1 Å². The Morgan fingerprint density at radius 2 is 1.72 bits per heavy atom. The van der Waals surface area contributed by atoms with Gasteiger partial charge in [0.2, 0.25) is 11.8 Å². The molecule has 1 saturated heterocycles. The molecule has 1 heterocycles. The third-order valence-corrected chi connectivity index (χ3v) is 4.34. The Bertz CT molecular complexity index is 728. The van der Waals surface area contributed by atoms with Crippen LogP contribution in [-0.4, -0.2) is 29.8 Å². The predicted molar refractivity (Wildman–Crippen MR) is 96.6 cm³/mol. The summed E-state index contributed by atoms with van der Waals surface area (Å²) in [5.41, 5.74) is 0.727. The Morgan fingerprint density at radius 1 is 1.04 bits per heavy atom. The lowest BCUT2D eigenvalue weighted by atomic mass is 9.97. The minimum Gasteiger partial charge on any atom is -0.457 e. The number of nitrogens with zero attached hydrogens (tertiary/aromatic N) is 1. The van der Waals surface area contributed by atoms with Crippen LogP contribution in [0.2, 0.25) is 0 Å². The van der Waals surface area contributed by atoms with Crippen LogP contribution in [-0.2, 0) is 9.59 Å². The zero-order valence-corrected chi connectivity index (χ0v) is 14.3. The summed E-state index contributed by atoms with van der Waals surface area (Å²) < 4.78 is 5.74. The van der Waals surface area contributed by atoms with Crippen molar-refractivity contribution in [1.29, 1.82) is 0 Å². The van der Waals surface area contributed by atoms with E-state index >= 15 is 0 Å². The van der Waals surface area contributed by atoms with E-state index in [9.17, 15) is 9.59 Å². The van der Waals surface area contributed by atoms with Gasteiger partial charge in [0.05, 0.1) is 5.92 Å². The number of para-hydroxylation sites is 1. The van der Waals surface area contributed by atoms with E-state index in [2.05, 4.69) is 5.32 Å². The summed E-state index contributed by atoms with van der Waals surface area (Å²) in [4.78, 5) is 25.7. The molecule has 0 spiro atoms. The molecule has 1 atom stereocenters. The third kappa shape index (κ3) is 4.59. The van der Waals surface area contributed by atoms with Gasteiger partial charge in [0.25, 0.3) is 0 Å². The number of likely N-dealkylation sites (tertiary alicyclic amines) is 1. The molecule has 1 N–H and O–H groups in total. The van der Waals surface area contributed by atoms with Gasteiger partial charge in [-0.1, -0.05) is 18.2 Å². The second-order valence-electron chi connectivity index (χ2n) is 6.23. The number of piperidine rings is 1. The molecule has 5 heteroatoms. The second-order valence-corrected chi connectivity index (χ2v) is 6.23. The second kappa shape index (κ2) is 7.83. The lowest BCUT2D eigenvalue weighted by Crippen LogP contribution is -2.42. The monoisotopic (exact) mass is 338 g/mol. The molecule has 130 valence electrons. The maximum atomic E-state index is 12.4. The Labute approximate surface area is 147 Å². The van der Waals surface area contributed by atoms with E-state index in [0.29, 0.717) is 12.3 Å². The molecule has 0 aromatic heterocycles. The van der Waals surface area contributed by atoms with Crippen LogP contribution in [0.15, 0.2) is 54.6 Å². The molecule has 25 heavy (non-hydrogen) atoms. The largest absolute Gasteiger partial charge is 0.457 e. The SMILES string of the molecule is CC(=O)N1CCCC(C(=O)Nc2ccc(Oc3ccccc3)cc2)C1. The van der Waals surface area contributed by atoms with Gasteiger partial charge in [0.15, 0.2) is 0 Å². The minimum atomic E-state index is -0.155. The van der Waals surface area contributed by atoms with Crippen molar-refractivity contribution in [3.63, 3.8) is 0 Å². The average molecular weight is 338 g/mol. The highest BCUT2D eigenvalue weighted by Gasteiger charge is 2.26. The van der Waals surface area contributed by atoms with E-state index in [-0.39, 0.29) is 17.7 Å². The van der Waals surface area contributed by atoms with Crippen LogP contribution in [0.5, 0.6) is 11.5 Å². The van der Waals surface area contributed by atoms with Crippen molar-refractivity contribution < 1.29 is 14.3 Å². The van der Waals surface area contributed by atoms with Gasteiger partial charge >= 0.3 is 0 Å². The highest BCUT2D eigenvalue weighted by atomic mass is 16.5. The van der Waals surface area contributed by atoms with Crippen LogP contribution in [0.1, 0.15) is 19.8 Å².